The summed E-state index contributed by atoms with van der Waals surface area (Å²) in [4.78, 5) is 0. The Hall–Kier alpha value is -0.790. The van der Waals surface area contributed by atoms with Crippen LogP contribution in [0.2, 0.25) is 0 Å². The van der Waals surface area contributed by atoms with Gasteiger partial charge in [-0.2, -0.15) is 18.3 Å². The molecule has 0 unspecified atom stereocenters. The van der Waals surface area contributed by atoms with Crippen LogP contribution >= 0.6 is 12.4 Å². The van der Waals surface area contributed by atoms with Crippen molar-refractivity contribution in [1.29, 1.82) is 0 Å². The summed E-state index contributed by atoms with van der Waals surface area (Å²) in [6, 6.07) is 0. The number of hydrogen-bond acceptors (Lipinski definition) is 3. The molecule has 8 heteroatoms. The lowest BCUT2D eigenvalue weighted by Gasteiger charge is -2.05. The largest absolute Gasteiger partial charge is 0.408 e. The summed E-state index contributed by atoms with van der Waals surface area (Å²) in [5.74, 6) is 0. The molecule has 106 valence electrons. The molecule has 0 radical (unpaired) electrons. The lowest BCUT2D eigenvalue weighted by molar-refractivity contribution is -0.142. The summed E-state index contributed by atoms with van der Waals surface area (Å²) < 4.78 is 37.0. The predicted molar refractivity (Wildman–Crippen MR) is 63.6 cm³/mol. The maximum absolute atomic E-state index is 12.0. The summed E-state index contributed by atoms with van der Waals surface area (Å²) in [6.07, 6.45) is 0.128. The highest BCUT2D eigenvalue weighted by Crippen LogP contribution is 2.16. The molecule has 2 N–H and O–H groups in total. The van der Waals surface area contributed by atoms with Gasteiger partial charge in [0, 0.05) is 24.9 Å². The fourth-order valence-electron chi connectivity index (χ4n) is 1.36. The number of nitrogens with zero attached hydrogens (tertiary/aromatic N) is 2. The van der Waals surface area contributed by atoms with E-state index >= 15 is 0 Å². The van der Waals surface area contributed by atoms with Crippen molar-refractivity contribution in [2.45, 2.75) is 32.1 Å². The monoisotopic (exact) mass is 287 g/mol. The summed E-state index contributed by atoms with van der Waals surface area (Å²) in [7, 11) is 0. The molecule has 1 rings (SSSR count). The van der Waals surface area contributed by atoms with Crippen LogP contribution in [-0.2, 0) is 13.1 Å². The Morgan fingerprint density at radius 3 is 2.67 bits per heavy atom. The van der Waals surface area contributed by atoms with Crippen molar-refractivity contribution < 1.29 is 18.3 Å². The Labute approximate surface area is 110 Å². The van der Waals surface area contributed by atoms with Gasteiger partial charge in [-0.25, -0.2) is 0 Å². The first kappa shape index (κ1) is 17.2. The van der Waals surface area contributed by atoms with E-state index < -0.39 is 12.7 Å². The van der Waals surface area contributed by atoms with E-state index in [1.807, 2.05) is 0 Å². The first-order chi connectivity index (χ1) is 8.01. The maximum atomic E-state index is 12.0. The van der Waals surface area contributed by atoms with Crippen LogP contribution in [0.1, 0.15) is 18.4 Å². The van der Waals surface area contributed by atoms with E-state index in [1.54, 1.807) is 0 Å². The third-order valence-electron chi connectivity index (χ3n) is 2.12. The molecule has 0 saturated carbocycles. The van der Waals surface area contributed by atoms with E-state index in [9.17, 15) is 13.2 Å². The Bertz CT molecular complexity index is 330. The molecule has 0 aromatic carbocycles. The van der Waals surface area contributed by atoms with Gasteiger partial charge in [0.1, 0.15) is 6.54 Å². The molecule has 0 aliphatic rings. The van der Waals surface area contributed by atoms with Crippen molar-refractivity contribution in [2.24, 2.45) is 0 Å². The number of aromatic nitrogens is 2. The van der Waals surface area contributed by atoms with Crippen molar-refractivity contribution in [3.63, 3.8) is 0 Å². The zero-order chi connectivity index (χ0) is 12.7. The van der Waals surface area contributed by atoms with E-state index in [2.05, 4.69) is 10.4 Å². The molecule has 18 heavy (non-hydrogen) atoms. The zero-order valence-electron chi connectivity index (χ0n) is 9.78. The van der Waals surface area contributed by atoms with Crippen molar-refractivity contribution >= 4 is 12.4 Å². The van der Waals surface area contributed by atoms with E-state index in [1.165, 1.54) is 12.4 Å². The molecule has 0 aliphatic carbocycles. The van der Waals surface area contributed by atoms with Gasteiger partial charge in [0.15, 0.2) is 0 Å². The molecule has 1 aromatic heterocycles. The van der Waals surface area contributed by atoms with Gasteiger partial charge >= 0.3 is 6.18 Å². The van der Waals surface area contributed by atoms with Gasteiger partial charge in [-0.05, 0) is 19.4 Å². The van der Waals surface area contributed by atoms with Crippen molar-refractivity contribution in [3.05, 3.63) is 18.0 Å². The average molecular weight is 288 g/mol. The molecular weight excluding hydrogens is 271 g/mol. The second-order valence-electron chi connectivity index (χ2n) is 3.77. The molecular formula is C10H17ClF3N3O. The Morgan fingerprint density at radius 1 is 1.33 bits per heavy atom. The third kappa shape index (κ3) is 7.52. The summed E-state index contributed by atoms with van der Waals surface area (Å²) in [5, 5.41) is 15.2. The van der Waals surface area contributed by atoms with Crippen LogP contribution in [0.15, 0.2) is 12.4 Å². The SMILES string of the molecule is Cl.OCCCCNCc1cnn(CC(F)(F)F)c1. The van der Waals surface area contributed by atoms with Crippen LogP contribution < -0.4 is 5.32 Å². The fourth-order valence-corrected chi connectivity index (χ4v) is 1.36. The maximum Gasteiger partial charge on any atom is 0.408 e. The number of rotatable bonds is 7. The van der Waals surface area contributed by atoms with Crippen LogP contribution in [-0.4, -0.2) is 34.2 Å². The van der Waals surface area contributed by atoms with E-state index in [-0.39, 0.29) is 19.0 Å². The molecule has 0 fully saturated rings. The molecule has 0 saturated heterocycles. The average Bonchev–Trinajstić information content (AvgIpc) is 2.63. The first-order valence-electron chi connectivity index (χ1n) is 5.41. The number of hydrogen-bond donors (Lipinski definition) is 2. The van der Waals surface area contributed by atoms with Crippen molar-refractivity contribution in [1.82, 2.24) is 15.1 Å². The van der Waals surface area contributed by atoms with E-state index in [0.29, 0.717) is 6.54 Å². The van der Waals surface area contributed by atoms with Crippen LogP contribution in [0.5, 0.6) is 0 Å². The smallest absolute Gasteiger partial charge is 0.396 e. The fraction of sp³-hybridized carbons (Fsp3) is 0.700. The Kier molecular flexibility index (Phi) is 7.97. The van der Waals surface area contributed by atoms with E-state index in [4.69, 9.17) is 5.11 Å². The van der Waals surface area contributed by atoms with Gasteiger partial charge in [-0.15, -0.1) is 12.4 Å². The molecule has 0 aliphatic heterocycles. The van der Waals surface area contributed by atoms with Crippen LogP contribution in [0.3, 0.4) is 0 Å². The van der Waals surface area contributed by atoms with Crippen molar-refractivity contribution in [2.75, 3.05) is 13.2 Å². The predicted octanol–water partition coefficient (Wildman–Crippen LogP) is 1.73. The minimum Gasteiger partial charge on any atom is -0.396 e. The van der Waals surface area contributed by atoms with Gasteiger partial charge in [-0.3, -0.25) is 4.68 Å². The highest BCUT2D eigenvalue weighted by atomic mass is 35.5. The third-order valence-corrected chi connectivity index (χ3v) is 2.12. The number of aliphatic hydroxyl groups is 1. The topological polar surface area (TPSA) is 50.1 Å². The molecule has 1 aromatic rings. The normalized spacial score (nSPS) is 11.3. The highest BCUT2D eigenvalue weighted by Gasteiger charge is 2.28. The van der Waals surface area contributed by atoms with Crippen LogP contribution in [0, 0.1) is 0 Å². The lowest BCUT2D eigenvalue weighted by Crippen LogP contribution is -2.18. The standard InChI is InChI=1S/C10H16F3N3O.ClH/c11-10(12,13)8-16-7-9(6-15-16)5-14-3-1-2-4-17;/h6-7,14,17H,1-5,8H2;1H. The number of aliphatic hydroxyl groups excluding tert-OH is 1. The second kappa shape index (κ2) is 8.34. The van der Waals surface area contributed by atoms with Crippen LogP contribution in [0.4, 0.5) is 13.2 Å². The molecule has 4 nitrogen and oxygen atoms in total. The molecule has 0 spiro atoms. The van der Waals surface area contributed by atoms with E-state index in [0.717, 1.165) is 29.6 Å². The van der Waals surface area contributed by atoms with Gasteiger partial charge in [0.05, 0.1) is 6.20 Å². The zero-order valence-corrected chi connectivity index (χ0v) is 10.6. The highest BCUT2D eigenvalue weighted by molar-refractivity contribution is 5.85. The summed E-state index contributed by atoms with van der Waals surface area (Å²) >= 11 is 0. The lowest BCUT2D eigenvalue weighted by atomic mass is 10.3. The van der Waals surface area contributed by atoms with Crippen LogP contribution in [0.25, 0.3) is 0 Å². The summed E-state index contributed by atoms with van der Waals surface area (Å²) in [5.41, 5.74) is 0.721. The van der Waals surface area contributed by atoms with Gasteiger partial charge < -0.3 is 10.4 Å². The Morgan fingerprint density at radius 2 is 2.06 bits per heavy atom. The molecule has 0 amide bonds. The Balaban J connectivity index is 0.00000289. The van der Waals surface area contributed by atoms with Gasteiger partial charge in [0.2, 0.25) is 0 Å². The molecule has 0 bridgehead atoms. The number of nitrogens with one attached hydrogen (secondary N) is 1. The second-order valence-corrected chi connectivity index (χ2v) is 3.77. The summed E-state index contributed by atoms with van der Waals surface area (Å²) in [6.45, 7) is 0.316. The number of unbranched alkanes of at least 4 members (excludes halogenated alkanes) is 1. The molecule has 0 atom stereocenters. The van der Waals surface area contributed by atoms with Crippen molar-refractivity contribution in [3.8, 4) is 0 Å². The minimum atomic E-state index is -4.24. The van der Waals surface area contributed by atoms with Gasteiger partial charge in [0.25, 0.3) is 0 Å². The minimum absolute atomic E-state index is 0. The quantitative estimate of drug-likeness (QED) is 0.751. The number of alkyl halides is 3. The van der Waals surface area contributed by atoms with Gasteiger partial charge in [-0.1, -0.05) is 0 Å². The molecule has 1 heterocycles. The number of halogens is 4. The first-order valence-corrected chi connectivity index (χ1v) is 5.41.